The van der Waals surface area contributed by atoms with Crippen LogP contribution in [-0.4, -0.2) is 35.5 Å². The van der Waals surface area contributed by atoms with Crippen molar-refractivity contribution in [3.63, 3.8) is 0 Å². The maximum absolute atomic E-state index is 6.44. The smallest absolute Gasteiger partial charge is 0.0632 e. The Bertz CT molecular complexity index is 448. The highest BCUT2D eigenvalue weighted by Crippen LogP contribution is 2.45. The van der Waals surface area contributed by atoms with Crippen molar-refractivity contribution in [2.24, 2.45) is 28.7 Å². The molecular weight excluding hydrogens is 372 g/mol. The van der Waals surface area contributed by atoms with Crippen molar-refractivity contribution < 1.29 is 9.47 Å². The standard InChI is InChI=1S/C26H56N2O2/c1-13-15-26(14-2,18-22(5,6)29-16-20(3)24(9,10)27)19-23(7,8)30-17-21(4)25(11,12)28/h20-21H,13-19,27-28H2,1-12H3. The lowest BCUT2D eigenvalue weighted by molar-refractivity contribution is -0.106. The third-order valence-electron chi connectivity index (χ3n) is 7.12. The highest BCUT2D eigenvalue weighted by molar-refractivity contribution is 4.92. The zero-order valence-electron chi connectivity index (χ0n) is 22.6. The Labute approximate surface area is 189 Å². The minimum atomic E-state index is -0.232. The van der Waals surface area contributed by atoms with E-state index < -0.39 is 0 Å². The van der Waals surface area contributed by atoms with Crippen LogP contribution in [0.4, 0.5) is 0 Å². The third-order valence-corrected chi connectivity index (χ3v) is 7.12. The fourth-order valence-corrected chi connectivity index (χ4v) is 4.24. The molecule has 0 spiro atoms. The average Bonchev–Trinajstić information content (AvgIpc) is 2.55. The number of rotatable bonds is 15. The molecule has 0 rings (SSSR count). The van der Waals surface area contributed by atoms with Crippen molar-refractivity contribution in [1.29, 1.82) is 0 Å². The molecule has 2 unspecified atom stereocenters. The summed E-state index contributed by atoms with van der Waals surface area (Å²) >= 11 is 0. The fraction of sp³-hybridized carbons (Fsp3) is 1.00. The highest BCUT2D eigenvalue weighted by Gasteiger charge is 2.40. The second-order valence-electron chi connectivity index (χ2n) is 12.5. The molecule has 2 atom stereocenters. The van der Waals surface area contributed by atoms with E-state index in [0.29, 0.717) is 25.0 Å². The summed E-state index contributed by atoms with van der Waals surface area (Å²) in [5.41, 5.74) is 11.9. The average molecular weight is 429 g/mol. The maximum Gasteiger partial charge on any atom is 0.0632 e. The van der Waals surface area contributed by atoms with Gasteiger partial charge in [-0.3, -0.25) is 0 Å². The Hall–Kier alpha value is -0.160. The van der Waals surface area contributed by atoms with Crippen LogP contribution in [0.1, 0.15) is 115 Å². The molecule has 0 aliphatic carbocycles. The van der Waals surface area contributed by atoms with Gasteiger partial charge in [0.05, 0.1) is 24.4 Å². The van der Waals surface area contributed by atoms with Gasteiger partial charge in [-0.05, 0) is 91.9 Å². The Morgan fingerprint density at radius 2 is 1.00 bits per heavy atom. The van der Waals surface area contributed by atoms with Crippen molar-refractivity contribution in [2.75, 3.05) is 13.2 Å². The van der Waals surface area contributed by atoms with Gasteiger partial charge >= 0.3 is 0 Å². The second-order valence-corrected chi connectivity index (χ2v) is 12.5. The summed E-state index contributed by atoms with van der Waals surface area (Å²) in [6, 6.07) is 0. The van der Waals surface area contributed by atoms with E-state index in [1.165, 1.54) is 12.8 Å². The molecule has 0 aliphatic heterocycles. The van der Waals surface area contributed by atoms with E-state index in [1.807, 2.05) is 0 Å². The summed E-state index contributed by atoms with van der Waals surface area (Å²) in [5.74, 6) is 0.611. The van der Waals surface area contributed by atoms with E-state index in [9.17, 15) is 0 Å². The Balaban J connectivity index is 5.29. The minimum Gasteiger partial charge on any atom is -0.375 e. The molecule has 0 aromatic rings. The number of hydrogen-bond donors (Lipinski definition) is 2. The predicted octanol–water partition coefficient (Wildman–Crippen LogP) is 6.30. The van der Waals surface area contributed by atoms with Crippen LogP contribution in [0.3, 0.4) is 0 Å². The Morgan fingerprint density at radius 3 is 1.23 bits per heavy atom. The van der Waals surface area contributed by atoms with Gasteiger partial charge in [-0.1, -0.05) is 40.5 Å². The second kappa shape index (κ2) is 11.1. The summed E-state index contributed by atoms with van der Waals surface area (Å²) in [7, 11) is 0. The molecule has 0 saturated carbocycles. The van der Waals surface area contributed by atoms with Crippen LogP contribution in [0.5, 0.6) is 0 Å². The van der Waals surface area contributed by atoms with Crippen molar-refractivity contribution in [3.8, 4) is 0 Å². The van der Waals surface area contributed by atoms with Gasteiger partial charge in [-0.25, -0.2) is 0 Å². The lowest BCUT2D eigenvalue weighted by Crippen LogP contribution is -2.46. The van der Waals surface area contributed by atoms with Crippen molar-refractivity contribution in [2.45, 2.75) is 137 Å². The molecule has 0 aromatic carbocycles. The monoisotopic (exact) mass is 428 g/mol. The molecule has 4 N–H and O–H groups in total. The van der Waals surface area contributed by atoms with E-state index in [4.69, 9.17) is 20.9 Å². The van der Waals surface area contributed by atoms with Crippen molar-refractivity contribution in [1.82, 2.24) is 0 Å². The van der Waals surface area contributed by atoms with E-state index in [0.717, 1.165) is 19.3 Å². The fourth-order valence-electron chi connectivity index (χ4n) is 4.24. The first-order chi connectivity index (χ1) is 13.3. The Kier molecular flexibility index (Phi) is 11.1. The summed E-state index contributed by atoms with van der Waals surface area (Å²) in [6.45, 7) is 27.5. The van der Waals surface area contributed by atoms with Crippen LogP contribution in [0, 0.1) is 17.3 Å². The number of ether oxygens (including phenoxy) is 2. The molecule has 0 amide bonds. The van der Waals surface area contributed by atoms with Gasteiger partial charge in [0.1, 0.15) is 0 Å². The van der Waals surface area contributed by atoms with Crippen LogP contribution >= 0.6 is 0 Å². The summed E-state index contributed by atoms with van der Waals surface area (Å²) in [4.78, 5) is 0. The van der Waals surface area contributed by atoms with Gasteiger partial charge in [0.25, 0.3) is 0 Å². The zero-order chi connectivity index (χ0) is 24.0. The van der Waals surface area contributed by atoms with Gasteiger partial charge in [-0.15, -0.1) is 0 Å². The lowest BCUT2D eigenvalue weighted by atomic mass is 9.67. The molecule has 30 heavy (non-hydrogen) atoms. The Morgan fingerprint density at radius 1 is 0.667 bits per heavy atom. The van der Waals surface area contributed by atoms with Crippen LogP contribution in [0.15, 0.2) is 0 Å². The van der Waals surface area contributed by atoms with Crippen LogP contribution < -0.4 is 11.5 Å². The van der Waals surface area contributed by atoms with Crippen LogP contribution in [-0.2, 0) is 9.47 Å². The molecule has 0 bridgehead atoms. The molecule has 0 radical (unpaired) electrons. The van der Waals surface area contributed by atoms with Gasteiger partial charge in [0, 0.05) is 11.1 Å². The zero-order valence-corrected chi connectivity index (χ0v) is 22.6. The van der Waals surface area contributed by atoms with Gasteiger partial charge in [0.15, 0.2) is 0 Å². The molecule has 0 saturated heterocycles. The maximum atomic E-state index is 6.44. The highest BCUT2D eigenvalue weighted by atomic mass is 16.5. The minimum absolute atomic E-state index is 0.185. The quantitative estimate of drug-likeness (QED) is 0.321. The SMILES string of the molecule is CCCC(CC)(CC(C)(C)OCC(C)C(C)(C)N)CC(C)(C)OCC(C)C(C)(C)N. The molecular formula is C26H56N2O2. The van der Waals surface area contributed by atoms with Crippen LogP contribution in [0.25, 0.3) is 0 Å². The van der Waals surface area contributed by atoms with E-state index in [2.05, 4.69) is 83.1 Å². The number of nitrogens with two attached hydrogens (primary N) is 2. The van der Waals surface area contributed by atoms with E-state index in [-0.39, 0.29) is 27.7 Å². The predicted molar refractivity (Wildman–Crippen MR) is 132 cm³/mol. The summed E-state index contributed by atoms with van der Waals surface area (Å²) in [6.07, 6.45) is 5.51. The molecule has 0 fully saturated rings. The summed E-state index contributed by atoms with van der Waals surface area (Å²) in [5, 5.41) is 0. The first-order valence-electron chi connectivity index (χ1n) is 12.1. The lowest BCUT2D eigenvalue weighted by Gasteiger charge is -2.45. The van der Waals surface area contributed by atoms with Gasteiger partial charge in [-0.2, -0.15) is 0 Å². The van der Waals surface area contributed by atoms with Crippen molar-refractivity contribution >= 4 is 0 Å². The van der Waals surface area contributed by atoms with E-state index in [1.54, 1.807) is 0 Å². The molecule has 0 aromatic heterocycles. The first kappa shape index (κ1) is 29.8. The topological polar surface area (TPSA) is 70.5 Å². The van der Waals surface area contributed by atoms with E-state index >= 15 is 0 Å². The largest absolute Gasteiger partial charge is 0.375 e. The normalized spacial score (nSPS) is 18.2. The molecule has 0 aliphatic rings. The third kappa shape index (κ3) is 10.9. The van der Waals surface area contributed by atoms with Crippen LogP contribution in [0.2, 0.25) is 0 Å². The molecule has 4 heteroatoms. The number of hydrogen-bond acceptors (Lipinski definition) is 4. The molecule has 0 heterocycles. The molecule has 182 valence electrons. The molecule has 4 nitrogen and oxygen atoms in total. The first-order valence-corrected chi connectivity index (χ1v) is 12.1. The summed E-state index contributed by atoms with van der Waals surface area (Å²) < 4.78 is 12.9. The van der Waals surface area contributed by atoms with Crippen molar-refractivity contribution in [3.05, 3.63) is 0 Å². The van der Waals surface area contributed by atoms with Gasteiger partial charge in [0.2, 0.25) is 0 Å². The van der Waals surface area contributed by atoms with Gasteiger partial charge < -0.3 is 20.9 Å².